The van der Waals surface area contributed by atoms with E-state index in [1.165, 1.54) is 36.8 Å². The van der Waals surface area contributed by atoms with Crippen LogP contribution in [0, 0.1) is 6.92 Å². The number of amides is 1. The molecule has 174 valence electrons. The fourth-order valence-corrected chi connectivity index (χ4v) is 5.24. The normalized spacial score (nSPS) is 17.7. The van der Waals surface area contributed by atoms with Crippen LogP contribution in [0.1, 0.15) is 54.1 Å². The fourth-order valence-electron chi connectivity index (χ4n) is 5.24. The fraction of sp³-hybridized carbons (Fsp3) is 0.481. The molecule has 3 aromatic rings. The molecule has 2 aliphatic rings. The first-order chi connectivity index (χ1) is 16.2. The topological polar surface area (TPSA) is 50.6 Å². The van der Waals surface area contributed by atoms with Gasteiger partial charge in [0, 0.05) is 55.2 Å². The summed E-state index contributed by atoms with van der Waals surface area (Å²) in [5, 5.41) is 1.22. The van der Waals surface area contributed by atoms with Gasteiger partial charge in [0.1, 0.15) is 5.75 Å². The molecule has 1 amide bonds. The Labute approximate surface area is 196 Å². The van der Waals surface area contributed by atoms with E-state index >= 15 is 0 Å². The Morgan fingerprint density at radius 1 is 1.09 bits per heavy atom. The molecule has 0 N–H and O–H groups in total. The lowest BCUT2D eigenvalue weighted by atomic mass is 10.0. The lowest BCUT2D eigenvalue weighted by Crippen LogP contribution is -2.39. The SMILES string of the molecule is Cc1ccncc1C(=O)N1CCC(n2ccc3cc(OCCCN4CCCC4)ccc32)CC1. The molecule has 6 heteroatoms. The zero-order valence-corrected chi connectivity index (χ0v) is 19.6. The number of pyridine rings is 1. The lowest BCUT2D eigenvalue weighted by Gasteiger charge is -2.33. The van der Waals surface area contributed by atoms with Gasteiger partial charge in [0.15, 0.2) is 0 Å². The molecule has 2 aromatic heterocycles. The van der Waals surface area contributed by atoms with Gasteiger partial charge in [-0.1, -0.05) is 0 Å². The average molecular weight is 447 g/mol. The van der Waals surface area contributed by atoms with E-state index in [1.54, 1.807) is 12.4 Å². The van der Waals surface area contributed by atoms with Crippen molar-refractivity contribution in [1.82, 2.24) is 19.4 Å². The minimum Gasteiger partial charge on any atom is -0.494 e. The lowest BCUT2D eigenvalue weighted by molar-refractivity contribution is 0.0695. The van der Waals surface area contributed by atoms with Gasteiger partial charge in [0.2, 0.25) is 0 Å². The van der Waals surface area contributed by atoms with Gasteiger partial charge in [-0.05, 0) is 88.0 Å². The zero-order valence-electron chi connectivity index (χ0n) is 19.6. The number of aryl methyl sites for hydroxylation is 1. The first kappa shape index (κ1) is 22.0. The van der Waals surface area contributed by atoms with E-state index in [0.717, 1.165) is 62.4 Å². The summed E-state index contributed by atoms with van der Waals surface area (Å²) in [5.74, 6) is 1.05. The summed E-state index contributed by atoms with van der Waals surface area (Å²) < 4.78 is 8.41. The molecule has 0 unspecified atom stereocenters. The van der Waals surface area contributed by atoms with E-state index in [4.69, 9.17) is 4.74 Å². The summed E-state index contributed by atoms with van der Waals surface area (Å²) in [6.07, 6.45) is 11.3. The third-order valence-electron chi connectivity index (χ3n) is 7.19. The summed E-state index contributed by atoms with van der Waals surface area (Å²) in [6, 6.07) is 10.9. The van der Waals surface area contributed by atoms with E-state index in [9.17, 15) is 4.79 Å². The van der Waals surface area contributed by atoms with Crippen molar-refractivity contribution in [3.8, 4) is 5.75 Å². The Bertz CT molecular complexity index is 1090. The van der Waals surface area contributed by atoms with Crippen molar-refractivity contribution in [1.29, 1.82) is 0 Å². The molecule has 0 bridgehead atoms. The first-order valence-corrected chi connectivity index (χ1v) is 12.3. The summed E-state index contributed by atoms with van der Waals surface area (Å²) >= 11 is 0. The van der Waals surface area contributed by atoms with Gasteiger partial charge in [0.25, 0.3) is 5.91 Å². The summed E-state index contributed by atoms with van der Waals surface area (Å²) in [5.41, 5.74) is 2.95. The summed E-state index contributed by atoms with van der Waals surface area (Å²) in [4.78, 5) is 21.5. The molecule has 2 aliphatic heterocycles. The van der Waals surface area contributed by atoms with Crippen molar-refractivity contribution in [3.63, 3.8) is 0 Å². The van der Waals surface area contributed by atoms with Gasteiger partial charge in [-0.2, -0.15) is 0 Å². The van der Waals surface area contributed by atoms with Crippen LogP contribution in [-0.2, 0) is 0 Å². The Balaban J connectivity index is 1.17. The quantitative estimate of drug-likeness (QED) is 0.494. The largest absolute Gasteiger partial charge is 0.494 e. The van der Waals surface area contributed by atoms with E-state index < -0.39 is 0 Å². The molecule has 0 radical (unpaired) electrons. The molecule has 4 heterocycles. The highest BCUT2D eigenvalue weighted by atomic mass is 16.5. The number of likely N-dealkylation sites (tertiary alicyclic amines) is 2. The monoisotopic (exact) mass is 446 g/mol. The number of piperidine rings is 1. The highest BCUT2D eigenvalue weighted by Crippen LogP contribution is 2.30. The van der Waals surface area contributed by atoms with E-state index in [0.29, 0.717) is 6.04 Å². The molecule has 1 aromatic carbocycles. The average Bonchev–Trinajstić information content (AvgIpc) is 3.52. The predicted octanol–water partition coefficient (Wildman–Crippen LogP) is 4.69. The van der Waals surface area contributed by atoms with Crippen LogP contribution in [0.2, 0.25) is 0 Å². The van der Waals surface area contributed by atoms with Crippen molar-refractivity contribution in [2.45, 2.75) is 45.1 Å². The van der Waals surface area contributed by atoms with Gasteiger partial charge in [-0.15, -0.1) is 0 Å². The smallest absolute Gasteiger partial charge is 0.255 e. The van der Waals surface area contributed by atoms with Crippen LogP contribution in [0.3, 0.4) is 0 Å². The number of carbonyl (C=O) groups excluding carboxylic acids is 1. The molecular weight excluding hydrogens is 412 g/mol. The Morgan fingerprint density at radius 2 is 1.91 bits per heavy atom. The second-order valence-corrected chi connectivity index (χ2v) is 9.41. The Morgan fingerprint density at radius 3 is 2.70 bits per heavy atom. The second kappa shape index (κ2) is 9.96. The van der Waals surface area contributed by atoms with Gasteiger partial charge >= 0.3 is 0 Å². The predicted molar refractivity (Wildman–Crippen MR) is 131 cm³/mol. The van der Waals surface area contributed by atoms with Crippen LogP contribution in [0.5, 0.6) is 5.75 Å². The van der Waals surface area contributed by atoms with Gasteiger partial charge in [0.05, 0.1) is 12.2 Å². The molecular formula is C27H34N4O2. The molecule has 2 saturated heterocycles. The first-order valence-electron chi connectivity index (χ1n) is 12.3. The number of rotatable bonds is 7. The van der Waals surface area contributed by atoms with Crippen molar-refractivity contribution < 1.29 is 9.53 Å². The zero-order chi connectivity index (χ0) is 22.6. The van der Waals surface area contributed by atoms with Gasteiger partial charge in [-0.3, -0.25) is 9.78 Å². The van der Waals surface area contributed by atoms with Gasteiger partial charge in [-0.25, -0.2) is 0 Å². The third kappa shape index (κ3) is 4.91. The third-order valence-corrected chi connectivity index (χ3v) is 7.19. The number of carbonyl (C=O) groups is 1. The van der Waals surface area contributed by atoms with E-state index in [-0.39, 0.29) is 5.91 Å². The standard InChI is InChI=1S/C27H34N4O2/c1-21-7-11-28-20-25(21)27(32)30-15-9-23(10-16-30)31-17-8-22-19-24(5-6-26(22)31)33-18-4-14-29-12-2-3-13-29/h5-8,11,17,19-20,23H,2-4,9-10,12-16,18H2,1H3. The minimum atomic E-state index is 0.0999. The number of benzene rings is 1. The number of aromatic nitrogens is 2. The molecule has 33 heavy (non-hydrogen) atoms. The van der Waals surface area contributed by atoms with Crippen molar-refractivity contribution in [2.24, 2.45) is 0 Å². The van der Waals surface area contributed by atoms with Crippen molar-refractivity contribution >= 4 is 16.8 Å². The molecule has 0 saturated carbocycles. The molecule has 2 fully saturated rings. The molecule has 0 aliphatic carbocycles. The van der Waals surface area contributed by atoms with E-state index in [1.807, 2.05) is 17.9 Å². The van der Waals surface area contributed by atoms with Crippen molar-refractivity contribution in [2.75, 3.05) is 39.3 Å². The molecule has 0 spiro atoms. The number of nitrogens with zero attached hydrogens (tertiary/aromatic N) is 4. The van der Waals surface area contributed by atoms with Crippen LogP contribution in [-0.4, -0.2) is 64.6 Å². The summed E-state index contributed by atoms with van der Waals surface area (Å²) in [6.45, 7) is 7.92. The Kier molecular flexibility index (Phi) is 6.63. The Hall–Kier alpha value is -2.86. The van der Waals surface area contributed by atoms with Crippen molar-refractivity contribution in [3.05, 3.63) is 60.0 Å². The van der Waals surface area contributed by atoms with Crippen LogP contribution < -0.4 is 4.74 Å². The van der Waals surface area contributed by atoms with E-state index in [2.05, 4.69) is 44.9 Å². The maximum absolute atomic E-state index is 12.9. The van der Waals surface area contributed by atoms with Crippen LogP contribution in [0.25, 0.3) is 10.9 Å². The number of ether oxygens (including phenoxy) is 1. The van der Waals surface area contributed by atoms with Gasteiger partial charge < -0.3 is 19.1 Å². The maximum Gasteiger partial charge on any atom is 0.255 e. The summed E-state index contributed by atoms with van der Waals surface area (Å²) in [7, 11) is 0. The number of hydrogen-bond donors (Lipinski definition) is 0. The maximum atomic E-state index is 12.9. The highest BCUT2D eigenvalue weighted by molar-refractivity contribution is 5.95. The van der Waals surface area contributed by atoms with Crippen LogP contribution >= 0.6 is 0 Å². The second-order valence-electron chi connectivity index (χ2n) is 9.41. The number of fused-ring (bicyclic) bond motifs is 1. The minimum absolute atomic E-state index is 0.0999. The molecule has 5 rings (SSSR count). The molecule has 0 atom stereocenters. The highest BCUT2D eigenvalue weighted by Gasteiger charge is 2.26. The number of hydrogen-bond acceptors (Lipinski definition) is 4. The molecule has 6 nitrogen and oxygen atoms in total. The van der Waals surface area contributed by atoms with Crippen LogP contribution in [0.15, 0.2) is 48.9 Å². The van der Waals surface area contributed by atoms with Crippen LogP contribution in [0.4, 0.5) is 0 Å².